The fraction of sp³-hybridized carbons (Fsp3) is 0.286. The van der Waals surface area contributed by atoms with Crippen LogP contribution >= 0.6 is 11.6 Å². The third-order valence-corrected chi connectivity index (χ3v) is 4.50. The van der Waals surface area contributed by atoms with Gasteiger partial charge in [-0.15, -0.1) is 0 Å². The number of benzene rings is 2. The molecule has 0 spiro atoms. The van der Waals surface area contributed by atoms with Gasteiger partial charge in [-0.3, -0.25) is 0 Å². The average Bonchev–Trinajstić information content (AvgIpc) is 2.71. The first-order valence-corrected chi connectivity index (χ1v) is 9.29. The zero-order valence-corrected chi connectivity index (χ0v) is 18.0. The molecule has 0 bridgehead atoms. The Kier molecular flexibility index (Phi) is 8.04. The number of esters is 1. The summed E-state index contributed by atoms with van der Waals surface area (Å²) in [5.74, 6) is -0.702. The van der Waals surface area contributed by atoms with Crippen LogP contribution in [0.1, 0.15) is 34.7 Å². The van der Waals surface area contributed by atoms with Gasteiger partial charge in [0.2, 0.25) is 0 Å². The molecule has 10 heteroatoms. The van der Waals surface area contributed by atoms with Gasteiger partial charge < -0.3 is 14.4 Å². The summed E-state index contributed by atoms with van der Waals surface area (Å²) in [5.41, 5.74) is 1.20. The number of carbonyl (C=O) groups is 1. The molecule has 0 aliphatic rings. The molecule has 31 heavy (non-hydrogen) atoms. The number of halogens is 4. The van der Waals surface area contributed by atoms with E-state index >= 15 is 0 Å². The molecule has 0 fully saturated rings. The van der Waals surface area contributed by atoms with Crippen molar-refractivity contribution >= 4 is 29.0 Å². The Labute approximate surface area is 182 Å². The summed E-state index contributed by atoms with van der Waals surface area (Å²) in [4.78, 5) is 22.2. The molecule has 2 rings (SSSR count). The van der Waals surface area contributed by atoms with Gasteiger partial charge in [-0.1, -0.05) is 40.1 Å². The first-order chi connectivity index (χ1) is 14.6. The molecule has 0 saturated carbocycles. The monoisotopic (exact) mass is 456 g/mol. The van der Waals surface area contributed by atoms with Crippen LogP contribution < -0.4 is 0 Å². The molecule has 0 atom stereocenters. The minimum absolute atomic E-state index is 0.0577. The number of ether oxygens (including phenoxy) is 1. The summed E-state index contributed by atoms with van der Waals surface area (Å²) in [6, 6.07) is 8.30. The Morgan fingerprint density at radius 3 is 2.45 bits per heavy atom. The molecule has 0 unspecified atom stereocenters. The molecule has 0 aliphatic heterocycles. The van der Waals surface area contributed by atoms with Crippen LogP contribution in [0.5, 0.6) is 0 Å². The van der Waals surface area contributed by atoms with Gasteiger partial charge in [0.05, 0.1) is 18.4 Å². The Bertz CT molecular complexity index is 1020. The highest BCUT2D eigenvalue weighted by molar-refractivity contribution is 6.43. The molecule has 0 amide bonds. The fourth-order valence-electron chi connectivity index (χ4n) is 2.71. The predicted molar refractivity (Wildman–Crippen MR) is 110 cm³/mol. The molecule has 6 nitrogen and oxygen atoms in total. The van der Waals surface area contributed by atoms with E-state index in [1.54, 1.807) is 25.1 Å². The lowest BCUT2D eigenvalue weighted by Crippen LogP contribution is -2.20. The molecule has 0 radical (unpaired) electrons. The van der Waals surface area contributed by atoms with Gasteiger partial charge in [-0.25, -0.2) is 4.79 Å². The number of rotatable bonds is 7. The molecule has 2 aromatic rings. The normalized spacial score (nSPS) is 12.5. The van der Waals surface area contributed by atoms with Crippen molar-refractivity contribution in [2.45, 2.75) is 26.6 Å². The Balaban J connectivity index is 2.32. The average molecular weight is 457 g/mol. The number of aryl methyl sites for hydroxylation is 1. The zero-order chi connectivity index (χ0) is 23.2. The van der Waals surface area contributed by atoms with Gasteiger partial charge in [0.25, 0.3) is 0 Å². The third-order valence-electron chi connectivity index (χ3n) is 4.28. The molecule has 0 aromatic heterocycles. The molecule has 0 aliphatic carbocycles. The number of oxime groups is 2. The molecule has 2 aromatic carbocycles. The largest absolute Gasteiger partial charge is 0.464 e. The van der Waals surface area contributed by atoms with E-state index in [-0.39, 0.29) is 28.6 Å². The molecule has 0 N–H and O–H groups in total. The lowest BCUT2D eigenvalue weighted by Gasteiger charge is -2.13. The summed E-state index contributed by atoms with van der Waals surface area (Å²) in [6.45, 7) is 3.22. The van der Waals surface area contributed by atoms with Crippen molar-refractivity contribution in [2.24, 2.45) is 10.3 Å². The second kappa shape index (κ2) is 10.3. The van der Waals surface area contributed by atoms with Crippen LogP contribution in [0, 0.1) is 6.92 Å². The lowest BCUT2D eigenvalue weighted by molar-refractivity contribution is -0.137. The van der Waals surface area contributed by atoms with Crippen molar-refractivity contribution in [3.8, 4) is 0 Å². The molecule has 0 saturated heterocycles. The van der Waals surface area contributed by atoms with Crippen LogP contribution in [-0.4, -0.2) is 31.6 Å². The number of alkyl halides is 3. The fourth-order valence-corrected chi connectivity index (χ4v) is 2.94. The van der Waals surface area contributed by atoms with Crippen LogP contribution in [0.25, 0.3) is 0 Å². The van der Waals surface area contributed by atoms with Gasteiger partial charge in [-0.05, 0) is 37.6 Å². The summed E-state index contributed by atoms with van der Waals surface area (Å²) in [6.07, 6.45) is -4.54. The van der Waals surface area contributed by atoms with Crippen molar-refractivity contribution in [3.63, 3.8) is 0 Å². The van der Waals surface area contributed by atoms with Crippen molar-refractivity contribution in [1.29, 1.82) is 0 Å². The number of hydrogen-bond donors (Lipinski definition) is 0. The van der Waals surface area contributed by atoms with E-state index in [1.165, 1.54) is 27.2 Å². The van der Waals surface area contributed by atoms with Crippen LogP contribution in [0.2, 0.25) is 5.02 Å². The SMILES string of the molecule is CO/N=C(/C(=O)OC)c1cccc(C)c1CO/N=C(\C)c1cc(Cl)cc(C(F)(F)F)c1. The van der Waals surface area contributed by atoms with E-state index in [4.69, 9.17) is 26.0 Å². The Hall–Kier alpha value is -3.07. The number of hydrogen-bond acceptors (Lipinski definition) is 6. The van der Waals surface area contributed by atoms with E-state index in [9.17, 15) is 18.0 Å². The summed E-state index contributed by atoms with van der Waals surface area (Å²) in [5, 5.41) is 7.57. The second-order valence-electron chi connectivity index (χ2n) is 6.39. The third kappa shape index (κ3) is 6.21. The standard InChI is InChI=1S/C21H20ClF3N2O4/c1-12-6-5-7-17(19(27-30-4)20(28)29-3)18(12)11-31-26-13(2)14-8-15(21(23,24)25)10-16(22)9-14/h5-10H,11H2,1-4H3/b26-13+,27-19+. The van der Waals surface area contributed by atoms with E-state index in [2.05, 4.69) is 10.3 Å². The topological polar surface area (TPSA) is 69.5 Å². The highest BCUT2D eigenvalue weighted by Gasteiger charge is 2.31. The quantitative estimate of drug-likeness (QED) is 0.329. The van der Waals surface area contributed by atoms with Crippen LogP contribution in [0.4, 0.5) is 13.2 Å². The number of methoxy groups -OCH3 is 1. The first kappa shape index (κ1) is 24.2. The molecular weight excluding hydrogens is 437 g/mol. The maximum Gasteiger partial charge on any atom is 0.416 e. The van der Waals surface area contributed by atoms with Crippen molar-refractivity contribution in [1.82, 2.24) is 0 Å². The Morgan fingerprint density at radius 1 is 1.13 bits per heavy atom. The summed E-state index contributed by atoms with van der Waals surface area (Å²) < 4.78 is 43.8. The summed E-state index contributed by atoms with van der Waals surface area (Å²) >= 11 is 5.81. The predicted octanol–water partition coefficient (Wildman–Crippen LogP) is 5.13. The van der Waals surface area contributed by atoms with Gasteiger partial charge in [0, 0.05) is 21.7 Å². The van der Waals surface area contributed by atoms with Gasteiger partial charge in [0.15, 0.2) is 5.71 Å². The molecule has 166 valence electrons. The smallest absolute Gasteiger partial charge is 0.416 e. The first-order valence-electron chi connectivity index (χ1n) is 8.91. The molecular formula is C21H20ClF3N2O4. The van der Waals surface area contributed by atoms with E-state index in [1.807, 2.05) is 0 Å². The van der Waals surface area contributed by atoms with Crippen molar-refractivity contribution in [3.05, 3.63) is 69.2 Å². The van der Waals surface area contributed by atoms with Crippen LogP contribution in [0.15, 0.2) is 46.7 Å². The van der Waals surface area contributed by atoms with Crippen molar-refractivity contribution < 1.29 is 32.4 Å². The van der Waals surface area contributed by atoms with Crippen LogP contribution in [-0.2, 0) is 32.0 Å². The van der Waals surface area contributed by atoms with Crippen LogP contribution in [0.3, 0.4) is 0 Å². The van der Waals surface area contributed by atoms with Gasteiger partial charge >= 0.3 is 12.1 Å². The van der Waals surface area contributed by atoms with Crippen molar-refractivity contribution in [2.75, 3.05) is 14.2 Å². The van der Waals surface area contributed by atoms with E-state index in [0.29, 0.717) is 11.1 Å². The maximum atomic E-state index is 13.0. The lowest BCUT2D eigenvalue weighted by atomic mass is 9.99. The van der Waals surface area contributed by atoms with E-state index < -0.39 is 17.7 Å². The highest BCUT2D eigenvalue weighted by Crippen LogP contribution is 2.32. The van der Waals surface area contributed by atoms with Gasteiger partial charge in [-0.2, -0.15) is 13.2 Å². The minimum Gasteiger partial charge on any atom is -0.464 e. The number of carbonyl (C=O) groups excluding carboxylic acids is 1. The molecule has 0 heterocycles. The number of nitrogens with zero attached hydrogens (tertiary/aromatic N) is 2. The summed E-state index contributed by atoms with van der Waals surface area (Å²) in [7, 11) is 2.51. The van der Waals surface area contributed by atoms with E-state index in [0.717, 1.165) is 17.7 Å². The maximum absolute atomic E-state index is 13.0. The van der Waals surface area contributed by atoms with Gasteiger partial charge in [0.1, 0.15) is 13.7 Å². The zero-order valence-electron chi connectivity index (χ0n) is 17.2. The minimum atomic E-state index is -4.54. The Morgan fingerprint density at radius 2 is 1.84 bits per heavy atom. The highest BCUT2D eigenvalue weighted by atomic mass is 35.5. The second-order valence-corrected chi connectivity index (χ2v) is 6.83.